The van der Waals surface area contributed by atoms with Crippen molar-refractivity contribution in [3.05, 3.63) is 0 Å². The zero-order chi connectivity index (χ0) is 13.2. The third-order valence-corrected chi connectivity index (χ3v) is 3.21. The van der Waals surface area contributed by atoms with Crippen LogP contribution in [0.4, 0.5) is 0 Å². The molecule has 1 aliphatic rings. The lowest BCUT2D eigenvalue weighted by atomic mass is 9.97. The van der Waals surface area contributed by atoms with Gasteiger partial charge in [0.1, 0.15) is 6.04 Å². The SMILES string of the molecule is CCC(C)(N)C(=O)NC1CCC(=O)N(C)C1=O. The minimum Gasteiger partial charge on any atom is -0.343 e. The highest BCUT2D eigenvalue weighted by Crippen LogP contribution is 2.13. The minimum absolute atomic E-state index is 0.216. The molecule has 1 heterocycles. The summed E-state index contributed by atoms with van der Waals surface area (Å²) >= 11 is 0. The second-order valence-corrected chi connectivity index (χ2v) is 4.63. The lowest BCUT2D eigenvalue weighted by molar-refractivity contribution is -0.149. The van der Waals surface area contributed by atoms with Crippen LogP contribution in [0.1, 0.15) is 33.1 Å². The molecule has 0 bridgehead atoms. The molecule has 0 aliphatic carbocycles. The predicted molar refractivity (Wildman–Crippen MR) is 61.8 cm³/mol. The van der Waals surface area contributed by atoms with Gasteiger partial charge in [0.05, 0.1) is 5.54 Å². The summed E-state index contributed by atoms with van der Waals surface area (Å²) in [5.74, 6) is -0.950. The topological polar surface area (TPSA) is 92.5 Å². The lowest BCUT2D eigenvalue weighted by Gasteiger charge is -2.31. The Morgan fingerprint density at radius 2 is 2.18 bits per heavy atom. The molecular formula is C11H19N3O3. The summed E-state index contributed by atoms with van der Waals surface area (Å²) < 4.78 is 0. The molecule has 1 fully saturated rings. The summed E-state index contributed by atoms with van der Waals surface area (Å²) in [6.07, 6.45) is 1.09. The van der Waals surface area contributed by atoms with E-state index >= 15 is 0 Å². The number of amides is 3. The van der Waals surface area contributed by atoms with Crippen molar-refractivity contribution in [3.8, 4) is 0 Å². The average Bonchev–Trinajstić information content (AvgIpc) is 2.29. The Hall–Kier alpha value is -1.43. The first-order valence-electron chi connectivity index (χ1n) is 5.70. The number of carbonyl (C=O) groups is 3. The molecule has 1 rings (SSSR count). The van der Waals surface area contributed by atoms with Crippen LogP contribution >= 0.6 is 0 Å². The van der Waals surface area contributed by atoms with E-state index in [-0.39, 0.29) is 24.1 Å². The van der Waals surface area contributed by atoms with E-state index in [1.807, 2.05) is 0 Å². The molecule has 0 aromatic carbocycles. The van der Waals surface area contributed by atoms with Gasteiger partial charge in [-0.05, 0) is 19.8 Å². The highest BCUT2D eigenvalue weighted by molar-refractivity contribution is 6.02. The van der Waals surface area contributed by atoms with Crippen molar-refractivity contribution in [1.82, 2.24) is 10.2 Å². The largest absolute Gasteiger partial charge is 0.343 e. The fourth-order valence-electron chi connectivity index (χ4n) is 1.53. The van der Waals surface area contributed by atoms with Gasteiger partial charge in [-0.2, -0.15) is 0 Å². The summed E-state index contributed by atoms with van der Waals surface area (Å²) in [5.41, 5.74) is 4.79. The number of imide groups is 1. The van der Waals surface area contributed by atoms with Crippen LogP contribution in [0.2, 0.25) is 0 Å². The lowest BCUT2D eigenvalue weighted by Crippen LogP contribution is -2.59. The quantitative estimate of drug-likeness (QED) is 0.644. The summed E-state index contributed by atoms with van der Waals surface area (Å²) in [6.45, 7) is 3.42. The van der Waals surface area contributed by atoms with Gasteiger partial charge in [-0.3, -0.25) is 19.3 Å². The third kappa shape index (κ3) is 2.82. The Kier molecular flexibility index (Phi) is 3.87. The molecule has 2 unspecified atom stereocenters. The predicted octanol–water partition coefficient (Wildman–Crippen LogP) is -0.623. The van der Waals surface area contributed by atoms with Crippen molar-refractivity contribution in [3.63, 3.8) is 0 Å². The number of hydrogen-bond donors (Lipinski definition) is 2. The fourth-order valence-corrected chi connectivity index (χ4v) is 1.53. The van der Waals surface area contributed by atoms with Crippen molar-refractivity contribution < 1.29 is 14.4 Å². The second-order valence-electron chi connectivity index (χ2n) is 4.63. The molecule has 6 nitrogen and oxygen atoms in total. The molecule has 1 saturated heterocycles. The summed E-state index contributed by atoms with van der Waals surface area (Å²) in [6, 6.07) is -0.639. The molecule has 0 radical (unpaired) electrons. The molecule has 6 heteroatoms. The van der Waals surface area contributed by atoms with E-state index in [1.165, 1.54) is 7.05 Å². The van der Waals surface area contributed by atoms with Crippen molar-refractivity contribution in [2.24, 2.45) is 5.73 Å². The van der Waals surface area contributed by atoms with Crippen LogP contribution < -0.4 is 11.1 Å². The molecule has 3 amide bonds. The van der Waals surface area contributed by atoms with Gasteiger partial charge >= 0.3 is 0 Å². The van der Waals surface area contributed by atoms with E-state index in [2.05, 4.69) is 5.32 Å². The maximum Gasteiger partial charge on any atom is 0.251 e. The molecule has 3 N–H and O–H groups in total. The van der Waals surface area contributed by atoms with Gasteiger partial charge in [0.25, 0.3) is 5.91 Å². The number of nitrogens with zero attached hydrogens (tertiary/aromatic N) is 1. The van der Waals surface area contributed by atoms with Gasteiger partial charge in [0.15, 0.2) is 0 Å². The maximum atomic E-state index is 11.8. The Morgan fingerprint density at radius 1 is 1.59 bits per heavy atom. The number of carbonyl (C=O) groups excluding carboxylic acids is 3. The standard InChI is InChI=1S/C11H19N3O3/c1-4-11(2,12)10(17)13-7-5-6-8(15)14(3)9(7)16/h7H,4-6,12H2,1-3H3,(H,13,17). The van der Waals surface area contributed by atoms with Gasteiger partial charge in [-0.25, -0.2) is 0 Å². The van der Waals surface area contributed by atoms with Crippen molar-refractivity contribution >= 4 is 17.7 Å². The average molecular weight is 241 g/mol. The van der Waals surface area contributed by atoms with Crippen LogP contribution in [0.3, 0.4) is 0 Å². The van der Waals surface area contributed by atoms with E-state index in [9.17, 15) is 14.4 Å². The first kappa shape index (κ1) is 13.6. The van der Waals surface area contributed by atoms with Crippen LogP contribution in [0.25, 0.3) is 0 Å². The maximum absolute atomic E-state index is 11.8. The van der Waals surface area contributed by atoms with Crippen molar-refractivity contribution in [1.29, 1.82) is 0 Å². The molecule has 0 aromatic heterocycles. The minimum atomic E-state index is -0.986. The van der Waals surface area contributed by atoms with E-state index in [0.717, 1.165) is 4.90 Å². The van der Waals surface area contributed by atoms with Crippen LogP contribution in [0, 0.1) is 0 Å². The molecule has 17 heavy (non-hydrogen) atoms. The Balaban J connectivity index is 2.67. The third-order valence-electron chi connectivity index (χ3n) is 3.21. The van der Waals surface area contributed by atoms with Gasteiger partial charge in [0, 0.05) is 13.5 Å². The Morgan fingerprint density at radius 3 is 2.71 bits per heavy atom. The normalized spacial score (nSPS) is 24.5. The zero-order valence-electron chi connectivity index (χ0n) is 10.4. The Labute approximate surface area is 101 Å². The number of nitrogens with two attached hydrogens (primary N) is 1. The monoisotopic (exact) mass is 241 g/mol. The number of likely N-dealkylation sites (N-methyl/N-ethyl adjacent to an activating group) is 1. The Bertz CT molecular complexity index is 352. The summed E-state index contributed by atoms with van der Waals surface area (Å²) in [4.78, 5) is 35.8. The summed E-state index contributed by atoms with van der Waals surface area (Å²) in [5, 5.41) is 2.60. The number of piperidine rings is 1. The highest BCUT2D eigenvalue weighted by Gasteiger charge is 2.35. The second kappa shape index (κ2) is 4.83. The first-order chi connectivity index (χ1) is 7.79. The first-order valence-corrected chi connectivity index (χ1v) is 5.70. The van der Waals surface area contributed by atoms with E-state index < -0.39 is 11.6 Å². The van der Waals surface area contributed by atoms with Crippen LogP contribution in [-0.2, 0) is 14.4 Å². The molecule has 2 atom stereocenters. The number of likely N-dealkylation sites (tertiary alicyclic amines) is 1. The van der Waals surface area contributed by atoms with E-state index in [4.69, 9.17) is 5.73 Å². The van der Waals surface area contributed by atoms with Gasteiger partial charge < -0.3 is 11.1 Å². The molecular weight excluding hydrogens is 222 g/mol. The fraction of sp³-hybridized carbons (Fsp3) is 0.727. The highest BCUT2D eigenvalue weighted by atomic mass is 16.2. The molecule has 0 aromatic rings. The molecule has 0 spiro atoms. The van der Waals surface area contributed by atoms with Gasteiger partial charge in [0.2, 0.25) is 11.8 Å². The zero-order valence-corrected chi connectivity index (χ0v) is 10.4. The molecule has 0 saturated carbocycles. The molecule has 1 aliphatic heterocycles. The van der Waals surface area contributed by atoms with Crippen LogP contribution in [0.15, 0.2) is 0 Å². The number of nitrogens with one attached hydrogen (secondary N) is 1. The van der Waals surface area contributed by atoms with Crippen LogP contribution in [0.5, 0.6) is 0 Å². The van der Waals surface area contributed by atoms with Crippen molar-refractivity contribution in [2.45, 2.75) is 44.7 Å². The summed E-state index contributed by atoms with van der Waals surface area (Å²) in [7, 11) is 1.42. The van der Waals surface area contributed by atoms with Gasteiger partial charge in [-0.1, -0.05) is 6.92 Å². The smallest absolute Gasteiger partial charge is 0.251 e. The van der Waals surface area contributed by atoms with Gasteiger partial charge in [-0.15, -0.1) is 0 Å². The number of hydrogen-bond acceptors (Lipinski definition) is 4. The number of rotatable bonds is 3. The van der Waals surface area contributed by atoms with E-state index in [1.54, 1.807) is 13.8 Å². The molecule has 96 valence electrons. The van der Waals surface area contributed by atoms with E-state index in [0.29, 0.717) is 12.8 Å². The van der Waals surface area contributed by atoms with Crippen LogP contribution in [-0.4, -0.2) is 41.2 Å². The van der Waals surface area contributed by atoms with Crippen molar-refractivity contribution in [2.75, 3.05) is 7.05 Å².